The molecule has 2 N–H and O–H groups in total. The van der Waals surface area contributed by atoms with Crippen molar-refractivity contribution < 1.29 is 4.39 Å². The van der Waals surface area contributed by atoms with Crippen molar-refractivity contribution in [2.24, 2.45) is 5.73 Å². The van der Waals surface area contributed by atoms with E-state index in [4.69, 9.17) is 5.73 Å². The van der Waals surface area contributed by atoms with E-state index in [2.05, 4.69) is 4.98 Å². The molecule has 1 unspecified atom stereocenters. The van der Waals surface area contributed by atoms with Crippen molar-refractivity contribution in [3.8, 4) is 0 Å². The van der Waals surface area contributed by atoms with Crippen LogP contribution in [0.25, 0.3) is 0 Å². The Morgan fingerprint density at radius 3 is 2.83 bits per heavy atom. The second-order valence-corrected chi connectivity index (χ2v) is 2.86. The number of hydrogen-bond donors (Lipinski definition) is 1. The Labute approximate surface area is 71.6 Å². The second kappa shape index (κ2) is 4.16. The first-order valence-electron chi connectivity index (χ1n) is 4.08. The summed E-state index contributed by atoms with van der Waals surface area (Å²) in [7, 11) is 0. The third-order valence-corrected chi connectivity index (χ3v) is 1.81. The molecule has 0 aliphatic carbocycles. The lowest BCUT2D eigenvalue weighted by Gasteiger charge is -2.07. The first-order valence-corrected chi connectivity index (χ1v) is 4.08. The van der Waals surface area contributed by atoms with Crippen LogP contribution in [0.15, 0.2) is 18.3 Å². The van der Waals surface area contributed by atoms with Crippen LogP contribution in [0, 0.1) is 5.95 Å². The van der Waals surface area contributed by atoms with Crippen LogP contribution >= 0.6 is 0 Å². The number of hydrogen-bond acceptors (Lipinski definition) is 2. The second-order valence-electron chi connectivity index (χ2n) is 2.86. The van der Waals surface area contributed by atoms with Crippen LogP contribution in [0.5, 0.6) is 0 Å². The van der Waals surface area contributed by atoms with E-state index in [1.807, 2.05) is 6.92 Å². The fourth-order valence-electron chi connectivity index (χ4n) is 0.974. The van der Waals surface area contributed by atoms with Gasteiger partial charge in [0.15, 0.2) is 0 Å². The predicted octanol–water partition coefficient (Wildman–Crippen LogP) is 1.50. The topological polar surface area (TPSA) is 38.9 Å². The molecular formula is C9H13FN2. The minimum atomic E-state index is -0.441. The molecule has 0 fully saturated rings. The van der Waals surface area contributed by atoms with E-state index in [0.29, 0.717) is 0 Å². The highest BCUT2D eigenvalue weighted by molar-refractivity contribution is 5.10. The van der Waals surface area contributed by atoms with E-state index in [1.165, 1.54) is 12.3 Å². The first-order chi connectivity index (χ1) is 5.72. The zero-order valence-electron chi connectivity index (χ0n) is 7.13. The molecule has 1 aromatic rings. The van der Waals surface area contributed by atoms with Crippen LogP contribution in [0.4, 0.5) is 4.39 Å². The molecule has 1 heterocycles. The van der Waals surface area contributed by atoms with Crippen LogP contribution in [0.1, 0.15) is 18.9 Å². The van der Waals surface area contributed by atoms with Gasteiger partial charge in [0.1, 0.15) is 0 Å². The average molecular weight is 168 g/mol. The maximum absolute atomic E-state index is 12.4. The fourth-order valence-corrected chi connectivity index (χ4v) is 0.974. The van der Waals surface area contributed by atoms with Crippen LogP contribution in [-0.2, 0) is 6.42 Å². The maximum atomic E-state index is 12.4. The quantitative estimate of drug-likeness (QED) is 0.695. The lowest BCUT2D eigenvalue weighted by Crippen LogP contribution is -2.21. The molecule has 0 saturated carbocycles. The monoisotopic (exact) mass is 168 g/mol. The highest BCUT2D eigenvalue weighted by atomic mass is 19.1. The molecule has 2 nitrogen and oxygen atoms in total. The number of nitrogens with two attached hydrogens (primary N) is 1. The van der Waals surface area contributed by atoms with E-state index in [-0.39, 0.29) is 6.04 Å². The predicted molar refractivity (Wildman–Crippen MR) is 46.2 cm³/mol. The number of rotatable bonds is 3. The molecule has 0 bridgehead atoms. The van der Waals surface area contributed by atoms with Crippen molar-refractivity contribution in [1.82, 2.24) is 4.98 Å². The van der Waals surface area contributed by atoms with E-state index in [9.17, 15) is 4.39 Å². The van der Waals surface area contributed by atoms with Gasteiger partial charge in [-0.3, -0.25) is 0 Å². The third kappa shape index (κ3) is 2.58. The van der Waals surface area contributed by atoms with E-state index in [0.717, 1.165) is 18.4 Å². The molecule has 3 heteroatoms. The van der Waals surface area contributed by atoms with E-state index < -0.39 is 5.95 Å². The summed E-state index contributed by atoms with van der Waals surface area (Å²) in [5.41, 5.74) is 6.71. The summed E-state index contributed by atoms with van der Waals surface area (Å²) in [5.74, 6) is -0.441. The number of pyridine rings is 1. The van der Waals surface area contributed by atoms with Gasteiger partial charge in [-0.1, -0.05) is 13.0 Å². The smallest absolute Gasteiger partial charge is 0.212 e. The van der Waals surface area contributed by atoms with E-state index in [1.54, 1.807) is 6.07 Å². The van der Waals surface area contributed by atoms with Gasteiger partial charge in [0.25, 0.3) is 0 Å². The highest BCUT2D eigenvalue weighted by Gasteiger charge is 2.01. The van der Waals surface area contributed by atoms with Crippen LogP contribution in [-0.4, -0.2) is 11.0 Å². The molecule has 0 spiro atoms. The summed E-state index contributed by atoms with van der Waals surface area (Å²) < 4.78 is 12.4. The average Bonchev–Trinajstić information content (AvgIpc) is 2.09. The molecule has 12 heavy (non-hydrogen) atoms. The molecule has 0 radical (unpaired) electrons. The van der Waals surface area contributed by atoms with Gasteiger partial charge in [0, 0.05) is 12.2 Å². The van der Waals surface area contributed by atoms with Gasteiger partial charge in [-0.2, -0.15) is 4.39 Å². The fraction of sp³-hybridized carbons (Fsp3) is 0.444. The summed E-state index contributed by atoms with van der Waals surface area (Å²) in [6.45, 7) is 2.03. The Kier molecular flexibility index (Phi) is 3.17. The van der Waals surface area contributed by atoms with Gasteiger partial charge in [-0.25, -0.2) is 4.98 Å². The van der Waals surface area contributed by atoms with Crippen molar-refractivity contribution in [1.29, 1.82) is 0 Å². The van der Waals surface area contributed by atoms with Gasteiger partial charge in [-0.15, -0.1) is 0 Å². The minimum absolute atomic E-state index is 0.150. The summed E-state index contributed by atoms with van der Waals surface area (Å²) in [4.78, 5) is 3.54. The minimum Gasteiger partial charge on any atom is -0.327 e. The van der Waals surface area contributed by atoms with Crippen molar-refractivity contribution in [2.75, 3.05) is 0 Å². The molecule has 0 aliphatic rings. The van der Waals surface area contributed by atoms with E-state index >= 15 is 0 Å². The van der Waals surface area contributed by atoms with Crippen molar-refractivity contribution >= 4 is 0 Å². The molecule has 0 aliphatic heterocycles. The lowest BCUT2D eigenvalue weighted by molar-refractivity contribution is 0.579. The normalized spacial score (nSPS) is 12.9. The molecule has 0 aromatic carbocycles. The number of halogens is 1. The van der Waals surface area contributed by atoms with Crippen LogP contribution in [0.3, 0.4) is 0 Å². The van der Waals surface area contributed by atoms with Gasteiger partial charge >= 0.3 is 0 Å². The zero-order chi connectivity index (χ0) is 8.97. The molecule has 1 aromatic heterocycles. The molecule has 1 atom stereocenters. The van der Waals surface area contributed by atoms with Crippen molar-refractivity contribution in [3.63, 3.8) is 0 Å². The Hall–Kier alpha value is -0.960. The molecular weight excluding hydrogens is 155 g/mol. The summed E-state index contributed by atoms with van der Waals surface area (Å²) in [6, 6.07) is 3.23. The Morgan fingerprint density at radius 1 is 1.58 bits per heavy atom. The van der Waals surface area contributed by atoms with Gasteiger partial charge in [0.05, 0.1) is 0 Å². The molecule has 66 valence electrons. The summed E-state index contributed by atoms with van der Waals surface area (Å²) in [6.07, 6.45) is 3.23. The van der Waals surface area contributed by atoms with Crippen molar-refractivity contribution in [2.45, 2.75) is 25.8 Å². The standard InChI is InChI=1S/C9H13FN2/c1-2-8(11)5-7-3-4-9(10)12-6-7/h3-4,6,8H,2,5,11H2,1H3. The third-order valence-electron chi connectivity index (χ3n) is 1.81. The van der Waals surface area contributed by atoms with Crippen LogP contribution < -0.4 is 5.73 Å². The first kappa shape index (κ1) is 9.13. The summed E-state index contributed by atoms with van der Waals surface area (Å²) in [5, 5.41) is 0. The van der Waals surface area contributed by atoms with Gasteiger partial charge in [-0.05, 0) is 24.5 Å². The maximum Gasteiger partial charge on any atom is 0.212 e. The van der Waals surface area contributed by atoms with Gasteiger partial charge in [0.2, 0.25) is 5.95 Å². The Balaban J connectivity index is 2.58. The lowest BCUT2D eigenvalue weighted by atomic mass is 10.1. The van der Waals surface area contributed by atoms with Crippen molar-refractivity contribution in [3.05, 3.63) is 29.8 Å². The largest absolute Gasteiger partial charge is 0.327 e. The Morgan fingerprint density at radius 2 is 2.33 bits per heavy atom. The van der Waals surface area contributed by atoms with Crippen LogP contribution in [0.2, 0.25) is 0 Å². The molecule has 0 saturated heterocycles. The highest BCUT2D eigenvalue weighted by Crippen LogP contribution is 2.03. The molecule has 1 rings (SSSR count). The summed E-state index contributed by atoms with van der Waals surface area (Å²) >= 11 is 0. The Bertz CT molecular complexity index is 233. The SMILES string of the molecule is CCC(N)Cc1ccc(F)nc1. The zero-order valence-corrected chi connectivity index (χ0v) is 7.13. The number of aromatic nitrogens is 1. The van der Waals surface area contributed by atoms with Gasteiger partial charge < -0.3 is 5.73 Å². The molecule has 0 amide bonds. The number of nitrogens with zero attached hydrogens (tertiary/aromatic N) is 1.